The smallest absolute Gasteiger partial charge is 0.168 e. The van der Waals surface area contributed by atoms with E-state index in [1.807, 2.05) is 0 Å². The van der Waals surface area contributed by atoms with Gasteiger partial charge in [-0.1, -0.05) is 0 Å². The fourth-order valence-corrected chi connectivity index (χ4v) is 3.54. The molecule has 2 rings (SSSR count). The van der Waals surface area contributed by atoms with Crippen LogP contribution in [0.2, 0.25) is 0 Å². The summed E-state index contributed by atoms with van der Waals surface area (Å²) in [6, 6.07) is 0.239. The van der Waals surface area contributed by atoms with E-state index in [0.29, 0.717) is 6.07 Å². The van der Waals surface area contributed by atoms with Crippen LogP contribution in [0.1, 0.15) is 6.92 Å². The molecule has 2 N–H and O–H groups in total. The highest BCUT2D eigenvalue weighted by Gasteiger charge is 2.30. The van der Waals surface area contributed by atoms with Crippen molar-refractivity contribution in [2.24, 2.45) is 0 Å². The minimum absolute atomic E-state index is 0.0737. The highest BCUT2D eigenvalue weighted by atomic mass is 32.2. The van der Waals surface area contributed by atoms with E-state index in [1.165, 1.54) is 4.90 Å². The van der Waals surface area contributed by atoms with Gasteiger partial charge in [-0.05, 0) is 6.92 Å². The summed E-state index contributed by atoms with van der Waals surface area (Å²) in [4.78, 5) is 5.15. The Kier molecular flexibility index (Phi) is 3.14. The number of nitrogens with zero attached hydrogens (tertiary/aromatic N) is 2. The lowest BCUT2D eigenvalue weighted by atomic mass is 10.3. The van der Waals surface area contributed by atoms with Gasteiger partial charge >= 0.3 is 0 Å². The van der Waals surface area contributed by atoms with E-state index in [0.717, 1.165) is 0 Å². The molecule has 1 aromatic heterocycles. The summed E-state index contributed by atoms with van der Waals surface area (Å²) in [6.45, 7) is 1.77. The van der Waals surface area contributed by atoms with Gasteiger partial charge in [-0.2, -0.15) is 0 Å². The molecule has 2 heterocycles. The van der Waals surface area contributed by atoms with Gasteiger partial charge in [0.05, 0.1) is 11.5 Å². The quantitative estimate of drug-likeness (QED) is 0.812. The third-order valence-electron chi connectivity index (χ3n) is 2.88. The molecule has 1 aromatic rings. The molecule has 0 aliphatic carbocycles. The van der Waals surface area contributed by atoms with Gasteiger partial charge in [0.1, 0.15) is 0 Å². The summed E-state index contributed by atoms with van der Waals surface area (Å²) in [5.74, 6) is -2.41. The molecule has 100 valence electrons. The van der Waals surface area contributed by atoms with Crippen LogP contribution in [0.4, 0.5) is 20.4 Å². The van der Waals surface area contributed by atoms with Crippen molar-refractivity contribution in [2.75, 3.05) is 28.7 Å². The molecule has 8 heteroatoms. The van der Waals surface area contributed by atoms with Crippen molar-refractivity contribution in [3.8, 4) is 0 Å². The molecule has 0 bridgehead atoms. The van der Waals surface area contributed by atoms with Crippen molar-refractivity contribution in [3.05, 3.63) is 17.7 Å². The molecule has 5 nitrogen and oxygen atoms in total. The Balaban J connectivity index is 2.36. The average molecular weight is 277 g/mol. The van der Waals surface area contributed by atoms with Crippen LogP contribution >= 0.6 is 0 Å². The minimum Gasteiger partial charge on any atom is -0.381 e. The molecular weight excluding hydrogens is 264 g/mol. The Morgan fingerprint density at radius 2 is 2.11 bits per heavy atom. The average Bonchev–Trinajstić information content (AvgIpc) is 2.23. The number of hydrogen-bond acceptors (Lipinski definition) is 5. The van der Waals surface area contributed by atoms with Gasteiger partial charge in [0.2, 0.25) is 0 Å². The molecule has 1 atom stereocenters. The molecule has 0 spiro atoms. The Morgan fingerprint density at radius 3 is 2.72 bits per heavy atom. The maximum atomic E-state index is 13.6. The molecule has 1 fully saturated rings. The van der Waals surface area contributed by atoms with Crippen molar-refractivity contribution >= 4 is 21.5 Å². The Bertz CT molecular complexity index is 577. The van der Waals surface area contributed by atoms with Crippen LogP contribution in [0.5, 0.6) is 0 Å². The van der Waals surface area contributed by atoms with Gasteiger partial charge in [0, 0.05) is 18.7 Å². The van der Waals surface area contributed by atoms with Crippen LogP contribution in [-0.2, 0) is 9.84 Å². The topological polar surface area (TPSA) is 76.3 Å². The number of sulfone groups is 1. The van der Waals surface area contributed by atoms with Crippen LogP contribution < -0.4 is 10.6 Å². The van der Waals surface area contributed by atoms with Gasteiger partial charge in [0.15, 0.2) is 33.1 Å². The van der Waals surface area contributed by atoms with Crippen LogP contribution in [0.3, 0.4) is 0 Å². The SMILES string of the molecule is CC1CS(=O)(=O)CCN1c1nc(N)c(F)cc1F. The first-order valence-corrected chi connectivity index (χ1v) is 7.21. The first kappa shape index (κ1) is 13.0. The summed E-state index contributed by atoms with van der Waals surface area (Å²) in [6.07, 6.45) is 0. The summed E-state index contributed by atoms with van der Waals surface area (Å²) >= 11 is 0. The number of nitrogen functional groups attached to an aromatic ring is 1. The first-order chi connectivity index (χ1) is 8.30. The van der Waals surface area contributed by atoms with Crippen LogP contribution in [0.15, 0.2) is 6.07 Å². The third kappa shape index (κ3) is 2.38. The summed E-state index contributed by atoms with van der Waals surface area (Å²) < 4.78 is 49.5. The standard InChI is InChI=1S/C10H13F2N3O2S/c1-6-5-18(16,17)3-2-15(6)10-8(12)4-7(11)9(13)14-10/h4,6H,2-3,5H2,1H3,(H2,13,14). The fourth-order valence-electron chi connectivity index (χ4n) is 1.99. The molecule has 1 aliphatic heterocycles. The first-order valence-electron chi connectivity index (χ1n) is 5.39. The minimum atomic E-state index is -3.10. The van der Waals surface area contributed by atoms with Gasteiger partial charge in [-0.3, -0.25) is 0 Å². The monoisotopic (exact) mass is 277 g/mol. The van der Waals surface area contributed by atoms with E-state index < -0.39 is 33.3 Å². The van der Waals surface area contributed by atoms with Crippen molar-refractivity contribution in [1.82, 2.24) is 4.98 Å². The molecule has 1 saturated heterocycles. The lowest BCUT2D eigenvalue weighted by Crippen LogP contribution is -2.47. The summed E-state index contributed by atoms with van der Waals surface area (Å²) in [5, 5.41) is 0. The summed E-state index contributed by atoms with van der Waals surface area (Å²) in [7, 11) is -3.10. The number of halogens is 2. The maximum Gasteiger partial charge on any atom is 0.168 e. The zero-order chi connectivity index (χ0) is 13.5. The second-order valence-electron chi connectivity index (χ2n) is 4.32. The zero-order valence-corrected chi connectivity index (χ0v) is 10.5. The molecular formula is C10H13F2N3O2S. The Morgan fingerprint density at radius 1 is 1.44 bits per heavy atom. The van der Waals surface area contributed by atoms with Crippen molar-refractivity contribution in [3.63, 3.8) is 0 Å². The van der Waals surface area contributed by atoms with Crippen LogP contribution in [0, 0.1) is 11.6 Å². The highest BCUT2D eigenvalue weighted by Crippen LogP contribution is 2.25. The second-order valence-corrected chi connectivity index (χ2v) is 6.55. The molecule has 0 amide bonds. The number of hydrogen-bond donors (Lipinski definition) is 1. The van der Waals surface area contributed by atoms with Gasteiger partial charge in [0.25, 0.3) is 0 Å². The molecule has 0 aromatic carbocycles. The third-order valence-corrected chi connectivity index (χ3v) is 4.68. The van der Waals surface area contributed by atoms with E-state index in [2.05, 4.69) is 4.98 Å². The molecule has 18 heavy (non-hydrogen) atoms. The van der Waals surface area contributed by atoms with E-state index >= 15 is 0 Å². The molecule has 0 saturated carbocycles. The van der Waals surface area contributed by atoms with Gasteiger partial charge in [-0.25, -0.2) is 22.2 Å². The van der Waals surface area contributed by atoms with E-state index in [1.54, 1.807) is 6.92 Å². The van der Waals surface area contributed by atoms with Gasteiger partial charge < -0.3 is 10.6 Å². The highest BCUT2D eigenvalue weighted by molar-refractivity contribution is 7.91. The largest absolute Gasteiger partial charge is 0.381 e. The van der Waals surface area contributed by atoms with Crippen LogP contribution in [0.25, 0.3) is 0 Å². The number of pyridine rings is 1. The number of nitrogens with two attached hydrogens (primary N) is 1. The maximum absolute atomic E-state index is 13.6. The number of rotatable bonds is 1. The lowest BCUT2D eigenvalue weighted by molar-refractivity contribution is 0.545. The lowest BCUT2D eigenvalue weighted by Gasteiger charge is -2.34. The number of anilines is 2. The van der Waals surface area contributed by atoms with Crippen molar-refractivity contribution in [1.29, 1.82) is 0 Å². The van der Waals surface area contributed by atoms with E-state index in [4.69, 9.17) is 5.73 Å². The van der Waals surface area contributed by atoms with Crippen molar-refractivity contribution in [2.45, 2.75) is 13.0 Å². The Hall–Kier alpha value is -1.44. The predicted octanol–water partition coefficient (Wildman–Crippen LogP) is 0.565. The second kappa shape index (κ2) is 4.34. The van der Waals surface area contributed by atoms with Gasteiger partial charge in [-0.15, -0.1) is 0 Å². The predicted molar refractivity (Wildman–Crippen MR) is 64.0 cm³/mol. The fraction of sp³-hybridized carbons (Fsp3) is 0.500. The van der Waals surface area contributed by atoms with E-state index in [-0.39, 0.29) is 23.9 Å². The number of aromatic nitrogens is 1. The zero-order valence-electron chi connectivity index (χ0n) is 9.73. The summed E-state index contributed by atoms with van der Waals surface area (Å²) in [5.41, 5.74) is 5.30. The normalized spacial score (nSPS) is 23.1. The Labute approximate surface area is 104 Å². The molecule has 1 unspecified atom stereocenters. The molecule has 1 aliphatic rings. The van der Waals surface area contributed by atoms with E-state index in [9.17, 15) is 17.2 Å². The van der Waals surface area contributed by atoms with Crippen LogP contribution in [-0.4, -0.2) is 37.5 Å². The molecule has 0 radical (unpaired) electrons. The van der Waals surface area contributed by atoms with Crippen molar-refractivity contribution < 1.29 is 17.2 Å².